The summed E-state index contributed by atoms with van der Waals surface area (Å²) >= 11 is 5.80. The van der Waals surface area contributed by atoms with Crippen LogP contribution in [0.2, 0.25) is 5.02 Å². The van der Waals surface area contributed by atoms with E-state index in [2.05, 4.69) is 5.32 Å². The van der Waals surface area contributed by atoms with Gasteiger partial charge in [0.25, 0.3) is 5.91 Å². The predicted octanol–water partition coefficient (Wildman–Crippen LogP) is 4.22. The maximum atomic E-state index is 12.2. The molecule has 0 unspecified atom stereocenters. The molecule has 6 nitrogen and oxygen atoms in total. The standard InChI is InChI=1S/C21H19ClN2O4/c1-3-27-19-10-4-15(5-11-19)12-16(13-23)21(26)28-14(2)20(25)24-18-8-6-17(22)7-9-18/h4-12,14H,3H2,1-2H3,(H,24,25)/b16-12+/t14-/m0/s1. The van der Waals surface area contributed by atoms with Crippen molar-refractivity contribution in [3.63, 3.8) is 0 Å². The molecule has 0 spiro atoms. The molecular weight excluding hydrogens is 380 g/mol. The van der Waals surface area contributed by atoms with Crippen LogP contribution in [-0.4, -0.2) is 24.6 Å². The summed E-state index contributed by atoms with van der Waals surface area (Å²) in [5, 5.41) is 12.4. The number of hydrogen-bond acceptors (Lipinski definition) is 5. The zero-order chi connectivity index (χ0) is 20.5. The zero-order valence-electron chi connectivity index (χ0n) is 15.4. The summed E-state index contributed by atoms with van der Waals surface area (Å²) in [6.07, 6.45) is 0.308. The van der Waals surface area contributed by atoms with Crippen molar-refractivity contribution in [3.05, 3.63) is 64.7 Å². The first-order valence-electron chi connectivity index (χ1n) is 8.55. The lowest BCUT2D eigenvalue weighted by atomic mass is 10.1. The van der Waals surface area contributed by atoms with Gasteiger partial charge in [-0.05, 0) is 61.9 Å². The van der Waals surface area contributed by atoms with E-state index in [-0.39, 0.29) is 5.57 Å². The molecule has 0 aliphatic rings. The molecule has 144 valence electrons. The number of carbonyl (C=O) groups excluding carboxylic acids is 2. The number of halogens is 1. The minimum Gasteiger partial charge on any atom is -0.494 e. The van der Waals surface area contributed by atoms with Gasteiger partial charge in [-0.2, -0.15) is 5.26 Å². The number of benzene rings is 2. The van der Waals surface area contributed by atoms with Gasteiger partial charge in [-0.25, -0.2) is 4.79 Å². The highest BCUT2D eigenvalue weighted by molar-refractivity contribution is 6.30. The normalized spacial score (nSPS) is 11.9. The second-order valence-corrected chi connectivity index (χ2v) is 6.15. The predicted molar refractivity (Wildman–Crippen MR) is 107 cm³/mol. The van der Waals surface area contributed by atoms with E-state index >= 15 is 0 Å². The number of ether oxygens (including phenoxy) is 2. The molecular formula is C21H19ClN2O4. The van der Waals surface area contributed by atoms with E-state index in [9.17, 15) is 14.9 Å². The fourth-order valence-corrected chi connectivity index (χ4v) is 2.31. The van der Waals surface area contributed by atoms with Crippen LogP contribution in [0.5, 0.6) is 5.75 Å². The van der Waals surface area contributed by atoms with Crippen LogP contribution in [0.3, 0.4) is 0 Å². The van der Waals surface area contributed by atoms with Crippen LogP contribution in [0.1, 0.15) is 19.4 Å². The van der Waals surface area contributed by atoms with Gasteiger partial charge in [0, 0.05) is 10.7 Å². The number of esters is 1. The maximum Gasteiger partial charge on any atom is 0.349 e. The molecule has 0 radical (unpaired) electrons. The number of amides is 1. The second-order valence-electron chi connectivity index (χ2n) is 5.72. The monoisotopic (exact) mass is 398 g/mol. The van der Waals surface area contributed by atoms with Crippen LogP contribution in [0.25, 0.3) is 6.08 Å². The van der Waals surface area contributed by atoms with Crippen LogP contribution in [0.4, 0.5) is 5.69 Å². The Morgan fingerprint density at radius 2 is 1.82 bits per heavy atom. The summed E-state index contributed by atoms with van der Waals surface area (Å²) in [5.74, 6) is -0.711. The quantitative estimate of drug-likeness (QED) is 0.428. The highest BCUT2D eigenvalue weighted by atomic mass is 35.5. The number of hydrogen-bond donors (Lipinski definition) is 1. The zero-order valence-corrected chi connectivity index (χ0v) is 16.2. The summed E-state index contributed by atoms with van der Waals surface area (Å²) in [7, 11) is 0. The highest BCUT2D eigenvalue weighted by Crippen LogP contribution is 2.16. The molecule has 1 atom stereocenters. The van der Waals surface area contributed by atoms with E-state index in [0.29, 0.717) is 28.6 Å². The van der Waals surface area contributed by atoms with Crippen LogP contribution in [0.15, 0.2) is 54.1 Å². The number of nitrogens with zero attached hydrogens (tertiary/aromatic N) is 1. The fourth-order valence-electron chi connectivity index (χ4n) is 2.19. The largest absolute Gasteiger partial charge is 0.494 e. The molecule has 7 heteroatoms. The molecule has 0 saturated carbocycles. The fraction of sp³-hybridized carbons (Fsp3) is 0.190. The SMILES string of the molecule is CCOc1ccc(/C=C(\C#N)C(=O)O[C@@H](C)C(=O)Nc2ccc(Cl)cc2)cc1. The third-order valence-corrected chi connectivity index (χ3v) is 3.86. The molecule has 0 saturated heterocycles. The van der Waals surface area contributed by atoms with E-state index in [1.54, 1.807) is 54.6 Å². The van der Waals surface area contributed by atoms with Crippen LogP contribution in [-0.2, 0) is 14.3 Å². The summed E-state index contributed by atoms with van der Waals surface area (Å²) in [4.78, 5) is 24.4. The number of anilines is 1. The molecule has 2 aromatic carbocycles. The van der Waals surface area contributed by atoms with Gasteiger partial charge in [-0.3, -0.25) is 4.79 Å². The Labute approximate surface area is 168 Å². The second kappa shape index (κ2) is 10.1. The first-order valence-corrected chi connectivity index (χ1v) is 8.92. The molecule has 28 heavy (non-hydrogen) atoms. The van der Waals surface area contributed by atoms with Gasteiger partial charge in [0.1, 0.15) is 17.4 Å². The Bertz CT molecular complexity index is 899. The topological polar surface area (TPSA) is 88.4 Å². The van der Waals surface area contributed by atoms with Gasteiger partial charge in [0.15, 0.2) is 6.10 Å². The molecule has 2 rings (SSSR count). The lowest BCUT2D eigenvalue weighted by Crippen LogP contribution is -2.30. The van der Waals surface area contributed by atoms with Crippen molar-refractivity contribution in [1.29, 1.82) is 5.26 Å². The summed E-state index contributed by atoms with van der Waals surface area (Å²) in [6.45, 7) is 3.85. The number of rotatable bonds is 7. The minimum absolute atomic E-state index is 0.213. The first kappa shape index (κ1) is 21.0. The van der Waals surface area contributed by atoms with Gasteiger partial charge < -0.3 is 14.8 Å². The van der Waals surface area contributed by atoms with Crippen LogP contribution in [0, 0.1) is 11.3 Å². The third kappa shape index (κ3) is 6.15. The van der Waals surface area contributed by atoms with Crippen molar-refractivity contribution in [3.8, 4) is 11.8 Å². The smallest absolute Gasteiger partial charge is 0.349 e. The summed E-state index contributed by atoms with van der Waals surface area (Å²) in [5.41, 5.74) is 0.938. The lowest BCUT2D eigenvalue weighted by molar-refractivity contribution is -0.148. The van der Waals surface area contributed by atoms with Crippen LogP contribution >= 0.6 is 11.6 Å². The van der Waals surface area contributed by atoms with Gasteiger partial charge in [0.2, 0.25) is 0 Å². The van der Waals surface area contributed by atoms with Crippen molar-refractivity contribution in [1.82, 2.24) is 0 Å². The van der Waals surface area contributed by atoms with Gasteiger partial charge in [-0.1, -0.05) is 23.7 Å². The average Bonchev–Trinajstić information content (AvgIpc) is 2.69. The first-order chi connectivity index (χ1) is 13.4. The number of nitrogens with one attached hydrogen (secondary N) is 1. The van der Waals surface area contributed by atoms with Crippen LogP contribution < -0.4 is 10.1 Å². The molecule has 0 aliphatic heterocycles. The molecule has 2 aromatic rings. The Kier molecular flexibility index (Phi) is 7.61. The maximum absolute atomic E-state index is 12.2. The highest BCUT2D eigenvalue weighted by Gasteiger charge is 2.20. The van der Waals surface area contributed by atoms with Crippen molar-refractivity contribution >= 4 is 35.2 Å². The molecule has 0 aromatic heterocycles. The van der Waals surface area contributed by atoms with Crippen molar-refractivity contribution < 1.29 is 19.1 Å². The molecule has 0 aliphatic carbocycles. The average molecular weight is 399 g/mol. The molecule has 1 N–H and O–H groups in total. The van der Waals surface area contributed by atoms with Gasteiger partial charge in [0.05, 0.1) is 6.61 Å². The molecule has 1 amide bonds. The number of carbonyl (C=O) groups is 2. The summed E-state index contributed by atoms with van der Waals surface area (Å²) in [6, 6.07) is 15.2. The minimum atomic E-state index is -1.08. The van der Waals surface area contributed by atoms with E-state index in [4.69, 9.17) is 21.1 Å². The van der Waals surface area contributed by atoms with E-state index < -0.39 is 18.0 Å². The Morgan fingerprint density at radius 1 is 1.18 bits per heavy atom. The number of nitriles is 1. The van der Waals surface area contributed by atoms with Crippen molar-refractivity contribution in [2.75, 3.05) is 11.9 Å². The van der Waals surface area contributed by atoms with E-state index in [1.165, 1.54) is 13.0 Å². The molecule has 0 heterocycles. The molecule has 0 fully saturated rings. The van der Waals surface area contributed by atoms with E-state index in [0.717, 1.165) is 0 Å². The Hall–Kier alpha value is -3.30. The third-order valence-electron chi connectivity index (χ3n) is 3.61. The van der Waals surface area contributed by atoms with E-state index in [1.807, 2.05) is 6.92 Å². The Balaban J connectivity index is 2.00. The van der Waals surface area contributed by atoms with Gasteiger partial charge >= 0.3 is 5.97 Å². The Morgan fingerprint density at radius 3 is 2.39 bits per heavy atom. The van der Waals surface area contributed by atoms with Crippen molar-refractivity contribution in [2.45, 2.75) is 20.0 Å². The lowest BCUT2D eigenvalue weighted by Gasteiger charge is -2.13. The van der Waals surface area contributed by atoms with Crippen molar-refractivity contribution in [2.24, 2.45) is 0 Å². The van der Waals surface area contributed by atoms with Gasteiger partial charge in [-0.15, -0.1) is 0 Å². The molecule has 0 bridgehead atoms. The summed E-state index contributed by atoms with van der Waals surface area (Å²) < 4.78 is 10.4.